The maximum atomic E-state index is 13.1. The Morgan fingerprint density at radius 1 is 1.12 bits per heavy atom. The predicted octanol–water partition coefficient (Wildman–Crippen LogP) is 4.01. The van der Waals surface area contributed by atoms with Crippen LogP contribution in [0.1, 0.15) is 27.0 Å². The molecule has 3 nitrogen and oxygen atoms in total. The third-order valence-electron chi connectivity index (χ3n) is 3.92. The number of fused-ring (bicyclic) bond motifs is 1. The van der Waals surface area contributed by atoms with Crippen molar-refractivity contribution in [3.05, 3.63) is 58.7 Å². The Morgan fingerprint density at radius 2 is 1.79 bits per heavy atom. The van der Waals surface area contributed by atoms with Gasteiger partial charge in [0.1, 0.15) is 0 Å². The largest absolute Gasteiger partial charge is 0.416 e. The summed E-state index contributed by atoms with van der Waals surface area (Å²) in [6.07, 6.45) is -2.81. The molecule has 2 aromatic carbocycles. The third kappa shape index (κ3) is 2.91. The van der Waals surface area contributed by atoms with E-state index in [0.29, 0.717) is 27.8 Å². The van der Waals surface area contributed by atoms with Gasteiger partial charge in [-0.3, -0.25) is 9.79 Å². The number of amides is 1. The van der Waals surface area contributed by atoms with Crippen LogP contribution in [0.25, 0.3) is 11.1 Å². The molecule has 0 aliphatic carbocycles. The summed E-state index contributed by atoms with van der Waals surface area (Å²) >= 11 is 0. The van der Waals surface area contributed by atoms with E-state index < -0.39 is 11.7 Å². The van der Waals surface area contributed by atoms with Crippen molar-refractivity contribution < 1.29 is 18.0 Å². The second-order valence-electron chi connectivity index (χ2n) is 5.84. The number of carbonyl (C=O) groups excluding carboxylic acids is 1. The number of benzene rings is 2. The monoisotopic (exact) mass is 332 g/mol. The minimum atomic E-state index is -4.41. The Hall–Kier alpha value is -2.63. The van der Waals surface area contributed by atoms with Crippen LogP contribution in [0, 0.1) is 0 Å². The van der Waals surface area contributed by atoms with E-state index in [1.165, 1.54) is 4.90 Å². The van der Waals surface area contributed by atoms with Gasteiger partial charge < -0.3 is 4.90 Å². The van der Waals surface area contributed by atoms with Crippen molar-refractivity contribution in [2.45, 2.75) is 12.7 Å². The van der Waals surface area contributed by atoms with Crippen LogP contribution in [0.5, 0.6) is 0 Å². The lowest BCUT2D eigenvalue weighted by molar-refractivity contribution is -0.137. The van der Waals surface area contributed by atoms with Gasteiger partial charge in [0.25, 0.3) is 5.91 Å². The van der Waals surface area contributed by atoms with Crippen LogP contribution >= 0.6 is 0 Å². The first-order valence-electron chi connectivity index (χ1n) is 7.33. The summed E-state index contributed by atoms with van der Waals surface area (Å²) in [4.78, 5) is 17.4. The standard InChI is InChI=1S/C18H15F3N2O/c1-23(2)17(24)12-5-3-11(4-6-12)15-8-14(18(19,20)21)7-13-9-22-10-16(13)15/h3-8,10H,9H2,1-2H3. The Bertz CT molecular complexity index is 821. The maximum absolute atomic E-state index is 13.1. The van der Waals surface area contributed by atoms with Crippen LogP contribution in [0.4, 0.5) is 13.2 Å². The lowest BCUT2D eigenvalue weighted by atomic mass is 9.93. The summed E-state index contributed by atoms with van der Waals surface area (Å²) in [6, 6.07) is 8.86. The number of nitrogens with zero attached hydrogens (tertiary/aromatic N) is 2. The first kappa shape index (κ1) is 16.2. The molecule has 6 heteroatoms. The molecule has 0 bridgehead atoms. The fourth-order valence-corrected chi connectivity index (χ4v) is 2.68. The molecule has 0 aromatic heterocycles. The number of aliphatic imine (C=N–C) groups is 1. The highest BCUT2D eigenvalue weighted by Crippen LogP contribution is 2.37. The molecule has 3 rings (SSSR count). The molecule has 24 heavy (non-hydrogen) atoms. The van der Waals surface area contributed by atoms with Gasteiger partial charge >= 0.3 is 6.18 Å². The van der Waals surface area contributed by atoms with E-state index in [1.54, 1.807) is 44.6 Å². The van der Waals surface area contributed by atoms with Crippen molar-refractivity contribution >= 4 is 12.1 Å². The Morgan fingerprint density at radius 3 is 2.38 bits per heavy atom. The highest BCUT2D eigenvalue weighted by molar-refractivity contribution is 5.96. The Labute approximate surface area is 137 Å². The first-order chi connectivity index (χ1) is 11.3. The molecular formula is C18H15F3N2O. The molecule has 1 amide bonds. The molecule has 0 fully saturated rings. The molecule has 2 aromatic rings. The van der Waals surface area contributed by atoms with E-state index in [0.717, 1.165) is 12.1 Å². The number of alkyl halides is 3. The van der Waals surface area contributed by atoms with Gasteiger partial charge in [0.2, 0.25) is 0 Å². The number of rotatable bonds is 2. The number of hydrogen-bond acceptors (Lipinski definition) is 2. The zero-order valence-electron chi connectivity index (χ0n) is 13.2. The predicted molar refractivity (Wildman–Crippen MR) is 86.2 cm³/mol. The molecule has 0 saturated carbocycles. The van der Waals surface area contributed by atoms with Gasteiger partial charge in [0.05, 0.1) is 12.1 Å². The molecule has 0 saturated heterocycles. The second-order valence-corrected chi connectivity index (χ2v) is 5.84. The van der Waals surface area contributed by atoms with Gasteiger partial charge in [-0.1, -0.05) is 12.1 Å². The van der Waals surface area contributed by atoms with E-state index in [4.69, 9.17) is 0 Å². The Kier molecular flexibility index (Phi) is 3.91. The van der Waals surface area contributed by atoms with Crippen LogP contribution in [-0.2, 0) is 12.7 Å². The van der Waals surface area contributed by atoms with E-state index in [-0.39, 0.29) is 12.5 Å². The van der Waals surface area contributed by atoms with Gasteiger partial charge in [-0.2, -0.15) is 13.2 Å². The molecule has 0 atom stereocenters. The van der Waals surface area contributed by atoms with Gasteiger partial charge in [-0.15, -0.1) is 0 Å². The van der Waals surface area contributed by atoms with Crippen molar-refractivity contribution in [2.75, 3.05) is 14.1 Å². The fraction of sp³-hybridized carbons (Fsp3) is 0.222. The molecule has 0 N–H and O–H groups in total. The van der Waals surface area contributed by atoms with Crippen LogP contribution in [-0.4, -0.2) is 31.1 Å². The van der Waals surface area contributed by atoms with Gasteiger partial charge in [-0.05, 0) is 41.0 Å². The van der Waals surface area contributed by atoms with Gasteiger partial charge in [-0.25, -0.2) is 0 Å². The zero-order valence-corrected chi connectivity index (χ0v) is 13.2. The minimum Gasteiger partial charge on any atom is -0.345 e. The van der Waals surface area contributed by atoms with Crippen LogP contribution < -0.4 is 0 Å². The van der Waals surface area contributed by atoms with Crippen molar-refractivity contribution in [1.29, 1.82) is 0 Å². The molecule has 0 unspecified atom stereocenters. The van der Waals surface area contributed by atoms with Crippen molar-refractivity contribution in [2.24, 2.45) is 4.99 Å². The van der Waals surface area contributed by atoms with Crippen molar-refractivity contribution in [3.8, 4) is 11.1 Å². The Balaban J connectivity index is 2.07. The summed E-state index contributed by atoms with van der Waals surface area (Å²) in [5.74, 6) is -0.155. The average Bonchev–Trinajstić information content (AvgIpc) is 3.01. The van der Waals surface area contributed by atoms with Gasteiger partial charge in [0.15, 0.2) is 0 Å². The van der Waals surface area contributed by atoms with Crippen molar-refractivity contribution in [1.82, 2.24) is 4.90 Å². The van der Waals surface area contributed by atoms with Gasteiger partial charge in [0, 0.05) is 31.4 Å². The lowest BCUT2D eigenvalue weighted by Gasteiger charge is -2.14. The molecule has 1 aliphatic rings. The summed E-state index contributed by atoms with van der Waals surface area (Å²) in [7, 11) is 3.29. The molecular weight excluding hydrogens is 317 g/mol. The summed E-state index contributed by atoms with van der Waals surface area (Å²) in [5, 5.41) is 0. The van der Waals surface area contributed by atoms with Crippen molar-refractivity contribution in [3.63, 3.8) is 0 Å². The molecule has 0 radical (unpaired) electrons. The highest BCUT2D eigenvalue weighted by Gasteiger charge is 2.32. The van der Waals surface area contributed by atoms with E-state index in [9.17, 15) is 18.0 Å². The minimum absolute atomic E-state index is 0.155. The third-order valence-corrected chi connectivity index (χ3v) is 3.92. The molecule has 0 spiro atoms. The normalized spacial score (nSPS) is 13.0. The molecule has 1 heterocycles. The first-order valence-corrected chi connectivity index (χ1v) is 7.33. The number of hydrogen-bond donors (Lipinski definition) is 0. The smallest absolute Gasteiger partial charge is 0.345 e. The van der Waals surface area contributed by atoms with Crippen LogP contribution in [0.3, 0.4) is 0 Å². The summed E-state index contributed by atoms with van der Waals surface area (Å²) in [5.41, 5.74) is 2.17. The average molecular weight is 332 g/mol. The molecule has 124 valence electrons. The second kappa shape index (κ2) is 5.78. The number of halogens is 3. The maximum Gasteiger partial charge on any atom is 0.416 e. The summed E-state index contributed by atoms with van der Waals surface area (Å²) in [6.45, 7) is 0.253. The fourth-order valence-electron chi connectivity index (χ4n) is 2.68. The van der Waals surface area contributed by atoms with E-state index in [2.05, 4.69) is 4.99 Å². The quantitative estimate of drug-likeness (QED) is 0.818. The van der Waals surface area contributed by atoms with E-state index in [1.807, 2.05) is 0 Å². The lowest BCUT2D eigenvalue weighted by Crippen LogP contribution is -2.21. The van der Waals surface area contributed by atoms with Crippen LogP contribution in [0.15, 0.2) is 41.4 Å². The topological polar surface area (TPSA) is 32.7 Å². The summed E-state index contributed by atoms with van der Waals surface area (Å²) < 4.78 is 39.4. The SMILES string of the molecule is CN(C)C(=O)c1ccc(-c2cc(C(F)(F)F)cc3c2C=NC3)cc1. The highest BCUT2D eigenvalue weighted by atomic mass is 19.4. The van der Waals surface area contributed by atoms with E-state index >= 15 is 0 Å². The van der Waals surface area contributed by atoms with Crippen LogP contribution in [0.2, 0.25) is 0 Å². The number of carbonyl (C=O) groups is 1. The zero-order chi connectivity index (χ0) is 17.5. The molecule has 1 aliphatic heterocycles.